The summed E-state index contributed by atoms with van der Waals surface area (Å²) in [5.74, 6) is -0.929. The smallest absolute Gasteiger partial charge is 0.266 e. The quantitative estimate of drug-likeness (QED) is 0.303. The summed E-state index contributed by atoms with van der Waals surface area (Å²) in [6, 6.07) is 19.1. The number of imide groups is 1. The van der Waals surface area contributed by atoms with Gasteiger partial charge in [-0.25, -0.2) is 4.39 Å². The molecule has 2 aliphatic heterocycles. The molecule has 3 aliphatic rings. The van der Waals surface area contributed by atoms with E-state index in [0.29, 0.717) is 18.6 Å². The number of hydrogen-bond donors (Lipinski definition) is 0. The zero-order valence-corrected chi connectivity index (χ0v) is 22.9. The average Bonchev–Trinajstić information content (AvgIpc) is 3.23. The van der Waals surface area contributed by atoms with Crippen molar-refractivity contribution in [2.45, 2.75) is 38.5 Å². The summed E-state index contributed by atoms with van der Waals surface area (Å²) >= 11 is 0. The van der Waals surface area contributed by atoms with E-state index in [2.05, 4.69) is 28.5 Å². The van der Waals surface area contributed by atoms with E-state index < -0.39 is 17.9 Å². The molecule has 0 aromatic heterocycles. The molecule has 0 N–H and O–H groups in total. The first-order chi connectivity index (χ1) is 19.9. The van der Waals surface area contributed by atoms with Crippen LogP contribution < -0.4 is 9.64 Å². The summed E-state index contributed by atoms with van der Waals surface area (Å²) in [5.41, 5.74) is 4.53. The van der Waals surface area contributed by atoms with Crippen molar-refractivity contribution in [2.75, 3.05) is 31.1 Å². The maximum atomic E-state index is 13.3. The monoisotopic (exact) mass is 553 g/mol. The van der Waals surface area contributed by atoms with E-state index in [1.54, 1.807) is 18.2 Å². The molecule has 6 rings (SSSR count). The summed E-state index contributed by atoms with van der Waals surface area (Å²) in [7, 11) is 0. The molecule has 3 aromatic rings. The molecule has 1 atom stereocenters. The molecule has 0 spiro atoms. The molecule has 41 heavy (non-hydrogen) atoms. The zero-order chi connectivity index (χ0) is 28.5. The number of ketones is 1. The fourth-order valence-electron chi connectivity index (χ4n) is 5.88. The van der Waals surface area contributed by atoms with E-state index >= 15 is 0 Å². The minimum atomic E-state index is -0.751. The number of ether oxygens (including phenoxy) is 1. The van der Waals surface area contributed by atoms with Gasteiger partial charge in [-0.1, -0.05) is 42.5 Å². The lowest BCUT2D eigenvalue weighted by Crippen LogP contribution is -2.46. The van der Waals surface area contributed by atoms with Gasteiger partial charge in [-0.15, -0.1) is 0 Å². The normalized spacial score (nSPS) is 19.6. The van der Waals surface area contributed by atoms with E-state index in [4.69, 9.17) is 4.74 Å². The lowest BCUT2D eigenvalue weighted by atomic mass is 9.89. The van der Waals surface area contributed by atoms with E-state index in [9.17, 15) is 18.8 Å². The van der Waals surface area contributed by atoms with Crippen LogP contribution in [0.25, 0.3) is 0 Å². The van der Waals surface area contributed by atoms with Gasteiger partial charge in [0.1, 0.15) is 18.2 Å². The zero-order valence-electron chi connectivity index (χ0n) is 22.9. The van der Waals surface area contributed by atoms with E-state index in [-0.39, 0.29) is 35.8 Å². The van der Waals surface area contributed by atoms with Gasteiger partial charge in [0.05, 0.1) is 17.2 Å². The third-order valence-electron chi connectivity index (χ3n) is 8.17. The lowest BCUT2D eigenvalue weighted by Gasteiger charge is -2.36. The molecule has 0 bridgehead atoms. The molecule has 2 amide bonds. The molecule has 1 aliphatic carbocycles. The third-order valence-corrected chi connectivity index (χ3v) is 8.17. The first-order valence-electron chi connectivity index (χ1n) is 14.0. The van der Waals surface area contributed by atoms with Crippen LogP contribution in [0, 0.1) is 5.82 Å². The van der Waals surface area contributed by atoms with Crippen LogP contribution in [0.1, 0.15) is 51.1 Å². The molecule has 210 valence electrons. The number of nitrogens with zero attached hydrogens (tertiary/aromatic N) is 3. The van der Waals surface area contributed by atoms with E-state index in [1.807, 2.05) is 24.3 Å². The molecule has 1 saturated heterocycles. The van der Waals surface area contributed by atoms with Gasteiger partial charge in [0.25, 0.3) is 11.8 Å². The Labute approximate surface area is 238 Å². The maximum absolute atomic E-state index is 13.3. The first-order valence-corrected chi connectivity index (χ1v) is 14.0. The van der Waals surface area contributed by atoms with Crippen LogP contribution in [0.5, 0.6) is 5.75 Å². The molecular weight excluding hydrogens is 521 g/mol. The average molecular weight is 554 g/mol. The van der Waals surface area contributed by atoms with Crippen molar-refractivity contribution in [1.82, 2.24) is 9.80 Å². The number of amides is 2. The van der Waals surface area contributed by atoms with Crippen LogP contribution in [-0.4, -0.2) is 59.6 Å². The van der Waals surface area contributed by atoms with Crippen molar-refractivity contribution < 1.29 is 23.5 Å². The third kappa shape index (κ3) is 5.52. The van der Waals surface area contributed by atoms with Gasteiger partial charge in [0.2, 0.25) is 0 Å². The van der Waals surface area contributed by atoms with E-state index in [0.717, 1.165) is 54.4 Å². The van der Waals surface area contributed by atoms with Crippen molar-refractivity contribution in [2.24, 2.45) is 0 Å². The van der Waals surface area contributed by atoms with Gasteiger partial charge in [0, 0.05) is 44.8 Å². The summed E-state index contributed by atoms with van der Waals surface area (Å²) in [6.07, 6.45) is 1.23. The van der Waals surface area contributed by atoms with E-state index in [1.165, 1.54) is 17.7 Å². The van der Waals surface area contributed by atoms with Crippen LogP contribution in [0.15, 0.2) is 78.9 Å². The summed E-state index contributed by atoms with van der Waals surface area (Å²) in [4.78, 5) is 44.9. The van der Waals surface area contributed by atoms with Gasteiger partial charge in [-0.3, -0.25) is 24.2 Å². The number of fused-ring (bicyclic) bond motifs is 1. The predicted molar refractivity (Wildman–Crippen MR) is 153 cm³/mol. The summed E-state index contributed by atoms with van der Waals surface area (Å²) in [5, 5.41) is 0. The summed E-state index contributed by atoms with van der Waals surface area (Å²) in [6.45, 7) is 8.59. The van der Waals surface area contributed by atoms with Gasteiger partial charge in [0.15, 0.2) is 5.78 Å². The fourth-order valence-corrected chi connectivity index (χ4v) is 5.88. The Kier molecular flexibility index (Phi) is 7.41. The van der Waals surface area contributed by atoms with Gasteiger partial charge in [-0.05, 0) is 60.4 Å². The Balaban J connectivity index is 1.05. The molecular formula is C33H32FN3O4. The minimum absolute atomic E-state index is 0.145. The number of carbonyl (C=O) groups excluding carboxylic acids is 3. The van der Waals surface area contributed by atoms with Crippen LogP contribution in [0.4, 0.5) is 10.1 Å². The van der Waals surface area contributed by atoms with Crippen molar-refractivity contribution >= 4 is 23.3 Å². The number of rotatable bonds is 7. The van der Waals surface area contributed by atoms with Crippen molar-refractivity contribution in [3.63, 3.8) is 0 Å². The molecule has 0 radical (unpaired) electrons. The molecule has 1 unspecified atom stereocenters. The highest BCUT2D eigenvalue weighted by atomic mass is 19.1. The maximum Gasteiger partial charge on any atom is 0.266 e. The van der Waals surface area contributed by atoms with Gasteiger partial charge in [-0.2, -0.15) is 0 Å². The highest BCUT2D eigenvalue weighted by Crippen LogP contribution is 2.35. The second kappa shape index (κ2) is 11.3. The standard InChI is InChI=1S/C33H32FN3O4/c1-22-5-14-28(29(38)19-22)37-32(39)27-3-2-4-30(31(27)33(37)40)41-21-24-8-6-23(7-9-24)20-35-15-17-36(18-16-35)26-12-10-25(34)11-13-26/h2-4,6-13,28H,1,5,14-21H2. The highest BCUT2D eigenvalue weighted by Gasteiger charge is 2.45. The summed E-state index contributed by atoms with van der Waals surface area (Å²) < 4.78 is 19.3. The second-order valence-corrected chi connectivity index (χ2v) is 11.0. The van der Waals surface area contributed by atoms with Gasteiger partial charge >= 0.3 is 0 Å². The minimum Gasteiger partial charge on any atom is -0.488 e. The number of Topliss-reactive ketones (excluding diaryl/α,β-unsaturated/α-hetero) is 1. The molecule has 3 aromatic carbocycles. The SMILES string of the molecule is C=C1CCC(N2C(=O)c3cccc(OCc4ccc(CN5CCN(c6ccc(F)cc6)CC5)cc4)c3C2=O)C(=O)C1. The Bertz CT molecular complexity index is 1490. The Morgan fingerprint density at radius 2 is 1.56 bits per heavy atom. The van der Waals surface area contributed by atoms with Crippen molar-refractivity contribution in [3.05, 3.63) is 107 Å². The number of piperazine rings is 1. The Morgan fingerprint density at radius 1 is 0.854 bits per heavy atom. The number of allylic oxidation sites excluding steroid dienone is 1. The van der Waals surface area contributed by atoms with Crippen LogP contribution in [0.3, 0.4) is 0 Å². The van der Waals surface area contributed by atoms with Crippen molar-refractivity contribution in [1.29, 1.82) is 0 Å². The Hall–Kier alpha value is -4.30. The van der Waals surface area contributed by atoms with Crippen LogP contribution >= 0.6 is 0 Å². The predicted octanol–water partition coefficient (Wildman–Crippen LogP) is 5.00. The van der Waals surface area contributed by atoms with Crippen LogP contribution in [0.2, 0.25) is 0 Å². The molecule has 7 nitrogen and oxygen atoms in total. The first kappa shape index (κ1) is 26.9. The highest BCUT2D eigenvalue weighted by molar-refractivity contribution is 6.24. The molecule has 1 saturated carbocycles. The second-order valence-electron chi connectivity index (χ2n) is 11.0. The molecule has 8 heteroatoms. The number of anilines is 1. The van der Waals surface area contributed by atoms with Crippen molar-refractivity contribution in [3.8, 4) is 5.75 Å². The number of carbonyl (C=O) groups is 3. The van der Waals surface area contributed by atoms with Gasteiger partial charge < -0.3 is 9.64 Å². The topological polar surface area (TPSA) is 70.2 Å². The number of halogens is 1. The molecule has 2 heterocycles. The Morgan fingerprint density at radius 3 is 2.27 bits per heavy atom. The largest absolute Gasteiger partial charge is 0.488 e. The lowest BCUT2D eigenvalue weighted by molar-refractivity contribution is -0.123. The molecule has 2 fully saturated rings. The fraction of sp³-hybridized carbons (Fsp3) is 0.303. The number of benzene rings is 3. The van der Waals surface area contributed by atoms with Crippen LogP contribution in [-0.2, 0) is 17.9 Å². The number of hydrogen-bond acceptors (Lipinski definition) is 6.